The van der Waals surface area contributed by atoms with Crippen molar-refractivity contribution in [2.75, 3.05) is 5.32 Å². The first-order valence-corrected chi connectivity index (χ1v) is 8.20. The summed E-state index contributed by atoms with van der Waals surface area (Å²) in [6.07, 6.45) is -3.21. The summed E-state index contributed by atoms with van der Waals surface area (Å²) < 4.78 is 48.5. The zero-order chi connectivity index (χ0) is 20.1. The third-order valence-corrected chi connectivity index (χ3v) is 3.50. The Kier molecular flexibility index (Phi) is 5.59. The first-order chi connectivity index (χ1) is 13.3. The third-order valence-electron chi connectivity index (χ3n) is 3.30. The van der Waals surface area contributed by atoms with Crippen LogP contribution in [0.4, 0.5) is 18.9 Å². The molecule has 0 atom stereocenters. The van der Waals surface area contributed by atoms with E-state index in [0.717, 1.165) is 6.07 Å². The molecule has 0 bridgehead atoms. The second kappa shape index (κ2) is 8.09. The maximum Gasteiger partial charge on any atom is 0.433 e. The van der Waals surface area contributed by atoms with E-state index in [2.05, 4.69) is 15.6 Å². The Balaban J connectivity index is 1.66. The van der Waals surface area contributed by atoms with Crippen LogP contribution < -0.4 is 15.4 Å². The molecule has 0 saturated heterocycles. The summed E-state index contributed by atoms with van der Waals surface area (Å²) in [6.45, 7) is 0. The van der Waals surface area contributed by atoms with Crippen LogP contribution in [0.5, 0.6) is 11.6 Å². The van der Waals surface area contributed by atoms with Gasteiger partial charge < -0.3 is 14.5 Å². The number of rotatable bonds is 4. The van der Waals surface area contributed by atoms with Crippen molar-refractivity contribution in [3.05, 3.63) is 72.3 Å². The molecular weight excluding hydrogens is 395 g/mol. The molecule has 3 rings (SSSR count). The number of nitrogens with one attached hydrogen (secondary N) is 2. The Morgan fingerprint density at radius 1 is 1.11 bits per heavy atom. The maximum atomic E-state index is 12.7. The molecule has 0 spiro atoms. The van der Waals surface area contributed by atoms with Crippen LogP contribution in [0, 0.1) is 0 Å². The van der Waals surface area contributed by atoms with Crippen molar-refractivity contribution < 1.29 is 27.1 Å². The first kappa shape index (κ1) is 19.4. The van der Waals surface area contributed by atoms with Crippen molar-refractivity contribution >= 4 is 28.9 Å². The van der Waals surface area contributed by atoms with Gasteiger partial charge in [0.2, 0.25) is 5.88 Å². The Morgan fingerprint density at radius 3 is 2.61 bits per heavy atom. The minimum atomic E-state index is -4.57. The van der Waals surface area contributed by atoms with Gasteiger partial charge >= 0.3 is 6.18 Å². The van der Waals surface area contributed by atoms with Gasteiger partial charge in [-0.15, -0.1) is 0 Å². The molecule has 2 N–H and O–H groups in total. The lowest BCUT2D eigenvalue weighted by molar-refractivity contribution is -0.141. The first-order valence-electron chi connectivity index (χ1n) is 7.79. The standard InChI is InChI=1S/C18H12F3N3O3S/c19-18(20,21)14-7-2-8-15(23-14)27-12-5-1-4-11(10-12)22-17(28)24-16(25)13-6-3-9-26-13/h1-10H,(H2,22,24,25,28). The quantitative estimate of drug-likeness (QED) is 0.615. The van der Waals surface area contributed by atoms with E-state index in [4.69, 9.17) is 21.4 Å². The zero-order valence-electron chi connectivity index (χ0n) is 14.0. The molecule has 0 aliphatic carbocycles. The van der Waals surface area contributed by atoms with Gasteiger partial charge in [0, 0.05) is 17.8 Å². The van der Waals surface area contributed by atoms with Gasteiger partial charge in [-0.05, 0) is 42.5 Å². The topological polar surface area (TPSA) is 76.4 Å². The number of anilines is 1. The van der Waals surface area contributed by atoms with Gasteiger partial charge in [0.25, 0.3) is 5.91 Å². The number of carbonyl (C=O) groups is 1. The van der Waals surface area contributed by atoms with E-state index in [0.29, 0.717) is 5.69 Å². The number of amides is 1. The number of benzene rings is 1. The fourth-order valence-corrected chi connectivity index (χ4v) is 2.33. The number of ether oxygens (including phenoxy) is 1. The van der Waals surface area contributed by atoms with E-state index >= 15 is 0 Å². The minimum absolute atomic E-state index is 0.00995. The zero-order valence-corrected chi connectivity index (χ0v) is 14.8. The average Bonchev–Trinajstić information content (AvgIpc) is 3.16. The highest BCUT2D eigenvalue weighted by Gasteiger charge is 2.32. The average molecular weight is 407 g/mol. The molecule has 0 unspecified atom stereocenters. The Labute approximate surface area is 162 Å². The van der Waals surface area contributed by atoms with Crippen LogP contribution in [0.3, 0.4) is 0 Å². The van der Waals surface area contributed by atoms with Crippen molar-refractivity contribution in [3.63, 3.8) is 0 Å². The second-order valence-electron chi connectivity index (χ2n) is 5.37. The number of aromatic nitrogens is 1. The monoisotopic (exact) mass is 407 g/mol. The molecular formula is C18H12F3N3O3S. The molecule has 10 heteroatoms. The van der Waals surface area contributed by atoms with Gasteiger partial charge in [-0.2, -0.15) is 13.2 Å². The second-order valence-corrected chi connectivity index (χ2v) is 5.78. The molecule has 0 fully saturated rings. The number of halogens is 3. The normalized spacial score (nSPS) is 11.0. The van der Waals surface area contributed by atoms with E-state index in [1.54, 1.807) is 18.2 Å². The number of hydrogen-bond acceptors (Lipinski definition) is 5. The van der Waals surface area contributed by atoms with Gasteiger partial charge in [-0.1, -0.05) is 12.1 Å². The molecule has 0 radical (unpaired) electrons. The SMILES string of the molecule is O=C(NC(=S)Nc1cccc(Oc2cccc(C(F)(F)F)n2)c1)c1ccco1. The lowest BCUT2D eigenvalue weighted by atomic mass is 10.3. The molecule has 28 heavy (non-hydrogen) atoms. The number of thiocarbonyl (C=S) groups is 1. The summed E-state index contributed by atoms with van der Waals surface area (Å²) >= 11 is 5.05. The highest BCUT2D eigenvalue weighted by Crippen LogP contribution is 2.30. The lowest BCUT2D eigenvalue weighted by Gasteiger charge is -2.11. The molecule has 0 aliphatic heterocycles. The predicted octanol–water partition coefficient (Wildman–Crippen LogP) is 4.61. The molecule has 3 aromatic rings. The summed E-state index contributed by atoms with van der Waals surface area (Å²) in [7, 11) is 0. The van der Waals surface area contributed by atoms with Gasteiger partial charge in [0.15, 0.2) is 10.9 Å². The van der Waals surface area contributed by atoms with Crippen LogP contribution in [0.1, 0.15) is 16.2 Å². The Morgan fingerprint density at radius 2 is 1.89 bits per heavy atom. The van der Waals surface area contributed by atoms with Crippen LogP contribution in [-0.2, 0) is 6.18 Å². The number of pyridine rings is 1. The van der Waals surface area contributed by atoms with Crippen molar-refractivity contribution in [2.45, 2.75) is 6.18 Å². The fourth-order valence-electron chi connectivity index (χ4n) is 2.12. The summed E-state index contributed by atoms with van der Waals surface area (Å²) in [5.74, 6) is -0.405. The fraction of sp³-hybridized carbons (Fsp3) is 0.0556. The number of nitrogens with zero attached hydrogens (tertiary/aromatic N) is 1. The molecule has 144 valence electrons. The van der Waals surface area contributed by atoms with Crippen molar-refractivity contribution in [3.8, 4) is 11.6 Å². The molecule has 0 saturated carbocycles. The van der Waals surface area contributed by atoms with Crippen molar-refractivity contribution in [1.82, 2.24) is 10.3 Å². The number of carbonyl (C=O) groups excluding carboxylic acids is 1. The summed E-state index contributed by atoms with van der Waals surface area (Å²) in [5, 5.41) is 5.22. The smallest absolute Gasteiger partial charge is 0.433 e. The van der Waals surface area contributed by atoms with Gasteiger partial charge in [-0.25, -0.2) is 4.98 Å². The largest absolute Gasteiger partial charge is 0.459 e. The molecule has 6 nitrogen and oxygen atoms in total. The van der Waals surface area contributed by atoms with Crippen LogP contribution in [0.15, 0.2) is 65.3 Å². The Bertz CT molecular complexity index is 991. The maximum absolute atomic E-state index is 12.7. The lowest BCUT2D eigenvalue weighted by Crippen LogP contribution is -2.33. The molecule has 2 heterocycles. The summed E-state index contributed by atoms with van der Waals surface area (Å²) in [5.41, 5.74) is -0.602. The predicted molar refractivity (Wildman–Crippen MR) is 98.1 cm³/mol. The van der Waals surface area contributed by atoms with E-state index in [-0.39, 0.29) is 22.5 Å². The van der Waals surface area contributed by atoms with Crippen LogP contribution >= 0.6 is 12.2 Å². The van der Waals surface area contributed by atoms with Gasteiger partial charge in [0.1, 0.15) is 11.4 Å². The molecule has 0 aliphatic rings. The van der Waals surface area contributed by atoms with Crippen LogP contribution in [0.25, 0.3) is 0 Å². The van der Waals surface area contributed by atoms with Gasteiger partial charge in [0.05, 0.1) is 6.26 Å². The van der Waals surface area contributed by atoms with Crippen molar-refractivity contribution in [1.29, 1.82) is 0 Å². The van der Waals surface area contributed by atoms with E-state index in [9.17, 15) is 18.0 Å². The van der Waals surface area contributed by atoms with Crippen LogP contribution in [0.2, 0.25) is 0 Å². The van der Waals surface area contributed by atoms with E-state index in [1.807, 2.05) is 0 Å². The third kappa shape index (κ3) is 5.07. The molecule has 2 aromatic heterocycles. The summed E-state index contributed by atoms with van der Waals surface area (Å²) in [6, 6.07) is 12.7. The highest BCUT2D eigenvalue weighted by molar-refractivity contribution is 7.80. The number of furan rings is 1. The molecule has 1 amide bonds. The highest BCUT2D eigenvalue weighted by atomic mass is 32.1. The number of hydrogen-bond donors (Lipinski definition) is 2. The van der Waals surface area contributed by atoms with Gasteiger partial charge in [-0.3, -0.25) is 10.1 Å². The van der Waals surface area contributed by atoms with E-state index in [1.165, 1.54) is 36.6 Å². The van der Waals surface area contributed by atoms with Crippen molar-refractivity contribution in [2.24, 2.45) is 0 Å². The Hall–Kier alpha value is -3.40. The minimum Gasteiger partial charge on any atom is -0.459 e. The van der Waals surface area contributed by atoms with Crippen LogP contribution in [-0.4, -0.2) is 16.0 Å². The summed E-state index contributed by atoms with van der Waals surface area (Å²) in [4.78, 5) is 15.3. The number of alkyl halides is 3. The molecule has 1 aromatic carbocycles. The van der Waals surface area contributed by atoms with E-state index < -0.39 is 17.8 Å².